The van der Waals surface area contributed by atoms with Gasteiger partial charge >= 0.3 is 0 Å². The van der Waals surface area contributed by atoms with E-state index in [0.29, 0.717) is 10.7 Å². The number of benzene rings is 2. The minimum absolute atomic E-state index is 0.598. The smallest absolute Gasteiger partial charge is 0.0635 e. The molecule has 0 aliphatic carbocycles. The highest BCUT2D eigenvalue weighted by atomic mass is 35.5. The van der Waals surface area contributed by atoms with E-state index in [2.05, 4.69) is 18.0 Å². The summed E-state index contributed by atoms with van der Waals surface area (Å²) in [7, 11) is 2.06. The molecule has 0 aliphatic heterocycles. The quantitative estimate of drug-likeness (QED) is 0.856. The summed E-state index contributed by atoms with van der Waals surface area (Å²) >= 11 is 11.9. The Morgan fingerprint density at radius 3 is 2.32 bits per heavy atom. The molecule has 0 aliphatic rings. The molecule has 0 unspecified atom stereocenters. The first-order valence-corrected chi connectivity index (χ1v) is 6.77. The van der Waals surface area contributed by atoms with Crippen molar-refractivity contribution in [2.24, 2.45) is 0 Å². The number of nitrogens with zero attached hydrogens (tertiary/aromatic N) is 1. The SMILES string of the molecule is CN(Cc1cccc(Cl)c1)Cc1ccc(Cl)c(N)c1. The van der Waals surface area contributed by atoms with Gasteiger partial charge < -0.3 is 5.73 Å². The second kappa shape index (κ2) is 6.29. The Bertz CT molecular complexity index is 570. The lowest BCUT2D eigenvalue weighted by Crippen LogP contribution is -2.17. The molecule has 2 N–H and O–H groups in total. The molecule has 19 heavy (non-hydrogen) atoms. The van der Waals surface area contributed by atoms with Crippen molar-refractivity contribution in [3.8, 4) is 0 Å². The predicted octanol–water partition coefficient (Wildman–Crippen LogP) is 4.21. The van der Waals surface area contributed by atoms with Crippen LogP contribution < -0.4 is 5.73 Å². The second-order valence-corrected chi connectivity index (χ2v) is 5.50. The van der Waals surface area contributed by atoms with Crippen LogP contribution in [0.15, 0.2) is 42.5 Å². The molecule has 0 fully saturated rings. The van der Waals surface area contributed by atoms with Crippen LogP contribution in [0.3, 0.4) is 0 Å². The number of nitrogen functional groups attached to an aromatic ring is 1. The van der Waals surface area contributed by atoms with Gasteiger partial charge in [0.15, 0.2) is 0 Å². The van der Waals surface area contributed by atoms with E-state index in [1.54, 1.807) is 0 Å². The molecule has 2 rings (SSSR count). The van der Waals surface area contributed by atoms with Gasteiger partial charge in [-0.1, -0.05) is 41.4 Å². The standard InChI is InChI=1S/C15H16Cl2N2/c1-19(9-11-3-2-4-13(16)7-11)10-12-5-6-14(17)15(18)8-12/h2-8H,9-10,18H2,1H3. The zero-order valence-electron chi connectivity index (χ0n) is 10.7. The van der Waals surface area contributed by atoms with Crippen molar-refractivity contribution in [1.29, 1.82) is 0 Å². The maximum Gasteiger partial charge on any atom is 0.0635 e. The molecule has 0 saturated carbocycles. The first-order chi connectivity index (χ1) is 9.04. The topological polar surface area (TPSA) is 29.3 Å². The zero-order chi connectivity index (χ0) is 13.8. The van der Waals surface area contributed by atoms with E-state index in [4.69, 9.17) is 28.9 Å². The van der Waals surface area contributed by atoms with Gasteiger partial charge in [-0.3, -0.25) is 4.90 Å². The Morgan fingerprint density at radius 1 is 1.00 bits per heavy atom. The highest BCUT2D eigenvalue weighted by molar-refractivity contribution is 6.33. The summed E-state index contributed by atoms with van der Waals surface area (Å²) in [6.07, 6.45) is 0. The van der Waals surface area contributed by atoms with Crippen LogP contribution in [0.25, 0.3) is 0 Å². The van der Waals surface area contributed by atoms with E-state index >= 15 is 0 Å². The van der Waals surface area contributed by atoms with E-state index in [1.807, 2.05) is 36.4 Å². The van der Waals surface area contributed by atoms with Crippen molar-refractivity contribution in [3.05, 3.63) is 63.6 Å². The van der Waals surface area contributed by atoms with E-state index in [1.165, 1.54) is 5.56 Å². The molecule has 0 spiro atoms. The van der Waals surface area contributed by atoms with Gasteiger partial charge in [0.1, 0.15) is 0 Å². The second-order valence-electron chi connectivity index (χ2n) is 4.66. The van der Waals surface area contributed by atoms with Crippen LogP contribution in [0.1, 0.15) is 11.1 Å². The van der Waals surface area contributed by atoms with Crippen molar-refractivity contribution in [2.45, 2.75) is 13.1 Å². The molecular weight excluding hydrogens is 279 g/mol. The predicted molar refractivity (Wildman–Crippen MR) is 82.5 cm³/mol. The Hall–Kier alpha value is -1.22. The lowest BCUT2D eigenvalue weighted by atomic mass is 10.1. The fraction of sp³-hybridized carbons (Fsp3) is 0.200. The number of nitrogens with two attached hydrogens (primary N) is 1. The van der Waals surface area contributed by atoms with Gasteiger partial charge in [0.25, 0.3) is 0 Å². The average Bonchev–Trinajstić information content (AvgIpc) is 2.34. The van der Waals surface area contributed by atoms with Crippen LogP contribution in [-0.2, 0) is 13.1 Å². The zero-order valence-corrected chi connectivity index (χ0v) is 12.2. The van der Waals surface area contributed by atoms with Crippen LogP contribution >= 0.6 is 23.2 Å². The molecule has 0 atom stereocenters. The number of hydrogen-bond acceptors (Lipinski definition) is 2. The summed E-state index contributed by atoms with van der Waals surface area (Å²) in [4.78, 5) is 2.20. The third kappa shape index (κ3) is 4.13. The van der Waals surface area contributed by atoms with E-state index in [0.717, 1.165) is 23.7 Å². The van der Waals surface area contributed by atoms with Crippen LogP contribution in [0, 0.1) is 0 Å². The van der Waals surface area contributed by atoms with Gasteiger partial charge in [-0.05, 0) is 42.4 Å². The van der Waals surface area contributed by atoms with Crippen molar-refractivity contribution in [3.63, 3.8) is 0 Å². The first kappa shape index (κ1) is 14.2. The highest BCUT2D eigenvalue weighted by Crippen LogP contribution is 2.20. The van der Waals surface area contributed by atoms with Gasteiger partial charge in [-0.15, -0.1) is 0 Å². The van der Waals surface area contributed by atoms with Gasteiger partial charge in [-0.25, -0.2) is 0 Å². The molecular formula is C15H16Cl2N2. The first-order valence-electron chi connectivity index (χ1n) is 6.01. The fourth-order valence-corrected chi connectivity index (χ4v) is 2.34. The van der Waals surface area contributed by atoms with Gasteiger partial charge in [-0.2, -0.15) is 0 Å². The fourth-order valence-electron chi connectivity index (χ4n) is 2.01. The maximum atomic E-state index is 5.98. The Morgan fingerprint density at radius 2 is 1.68 bits per heavy atom. The van der Waals surface area contributed by atoms with Crippen LogP contribution in [-0.4, -0.2) is 11.9 Å². The lowest BCUT2D eigenvalue weighted by molar-refractivity contribution is 0.319. The van der Waals surface area contributed by atoms with Crippen LogP contribution in [0.4, 0.5) is 5.69 Å². The number of hydrogen-bond donors (Lipinski definition) is 1. The minimum Gasteiger partial charge on any atom is -0.398 e. The summed E-state index contributed by atoms with van der Waals surface area (Å²) in [6, 6.07) is 13.6. The Balaban J connectivity index is 2.01. The summed E-state index contributed by atoms with van der Waals surface area (Å²) < 4.78 is 0. The summed E-state index contributed by atoms with van der Waals surface area (Å²) in [5.74, 6) is 0. The molecule has 0 aromatic heterocycles. The monoisotopic (exact) mass is 294 g/mol. The molecule has 0 saturated heterocycles. The van der Waals surface area contributed by atoms with E-state index < -0.39 is 0 Å². The van der Waals surface area contributed by atoms with Gasteiger partial charge in [0.2, 0.25) is 0 Å². The lowest BCUT2D eigenvalue weighted by Gasteiger charge is -2.17. The number of rotatable bonds is 4. The third-order valence-electron chi connectivity index (χ3n) is 2.85. The van der Waals surface area contributed by atoms with Crippen LogP contribution in [0.5, 0.6) is 0 Å². The molecule has 100 valence electrons. The van der Waals surface area contributed by atoms with Crippen molar-refractivity contribution in [1.82, 2.24) is 4.90 Å². The third-order valence-corrected chi connectivity index (χ3v) is 3.43. The molecule has 0 radical (unpaired) electrons. The van der Waals surface area contributed by atoms with Crippen molar-refractivity contribution in [2.75, 3.05) is 12.8 Å². The molecule has 2 nitrogen and oxygen atoms in total. The number of halogens is 2. The van der Waals surface area contributed by atoms with Gasteiger partial charge in [0, 0.05) is 18.1 Å². The molecule has 4 heteroatoms. The molecule has 2 aromatic carbocycles. The molecule has 2 aromatic rings. The van der Waals surface area contributed by atoms with Crippen LogP contribution in [0.2, 0.25) is 10.0 Å². The molecule has 0 bridgehead atoms. The largest absolute Gasteiger partial charge is 0.398 e. The molecule has 0 amide bonds. The Kier molecular flexibility index (Phi) is 4.70. The summed E-state index contributed by atoms with van der Waals surface area (Å²) in [5, 5.41) is 1.36. The van der Waals surface area contributed by atoms with Crippen molar-refractivity contribution < 1.29 is 0 Å². The normalized spacial score (nSPS) is 10.9. The number of anilines is 1. The van der Waals surface area contributed by atoms with Gasteiger partial charge in [0.05, 0.1) is 10.7 Å². The Labute approximate surface area is 123 Å². The minimum atomic E-state index is 0.598. The summed E-state index contributed by atoms with van der Waals surface area (Å²) in [5.41, 5.74) is 8.76. The van der Waals surface area contributed by atoms with E-state index in [9.17, 15) is 0 Å². The van der Waals surface area contributed by atoms with Crippen molar-refractivity contribution >= 4 is 28.9 Å². The highest BCUT2D eigenvalue weighted by Gasteiger charge is 2.04. The summed E-state index contributed by atoms with van der Waals surface area (Å²) in [6.45, 7) is 1.65. The average molecular weight is 295 g/mol. The molecule has 0 heterocycles. The maximum absolute atomic E-state index is 5.98. The van der Waals surface area contributed by atoms with E-state index in [-0.39, 0.29) is 0 Å².